The van der Waals surface area contributed by atoms with Crippen molar-refractivity contribution in [3.63, 3.8) is 0 Å². The van der Waals surface area contributed by atoms with Crippen molar-refractivity contribution >= 4 is 11.9 Å². The van der Waals surface area contributed by atoms with Crippen molar-refractivity contribution in [3.8, 4) is 0 Å². The predicted octanol–water partition coefficient (Wildman–Crippen LogP) is 2.07. The third-order valence-corrected chi connectivity index (χ3v) is 3.91. The summed E-state index contributed by atoms with van der Waals surface area (Å²) in [5.41, 5.74) is 0.957. The first-order chi connectivity index (χ1) is 9.24. The maximum atomic E-state index is 12.1. The molecule has 0 unspecified atom stereocenters. The van der Waals surface area contributed by atoms with Gasteiger partial charge in [-0.15, -0.1) is 0 Å². The quantitative estimate of drug-likeness (QED) is 0.781. The van der Waals surface area contributed by atoms with Crippen LogP contribution in [0.15, 0.2) is 30.3 Å². The highest BCUT2D eigenvalue weighted by molar-refractivity contribution is 5.83. The maximum absolute atomic E-state index is 12.1. The fraction of sp³-hybridized carbons (Fsp3) is 0.467. The fourth-order valence-electron chi connectivity index (χ4n) is 2.87. The average Bonchev–Trinajstić information content (AvgIpc) is 2.73. The van der Waals surface area contributed by atoms with Crippen molar-refractivity contribution in [1.82, 2.24) is 0 Å². The van der Waals surface area contributed by atoms with Crippen LogP contribution in [0.2, 0.25) is 0 Å². The molecule has 3 rings (SSSR count). The number of rotatable bonds is 3. The molecule has 1 aliphatic carbocycles. The van der Waals surface area contributed by atoms with Gasteiger partial charge >= 0.3 is 11.9 Å². The van der Waals surface area contributed by atoms with Crippen LogP contribution in [0.5, 0.6) is 0 Å². The molecule has 1 saturated heterocycles. The van der Waals surface area contributed by atoms with E-state index in [2.05, 4.69) is 0 Å². The number of fused-ring (bicyclic) bond motifs is 2. The monoisotopic (exact) mass is 260 g/mol. The van der Waals surface area contributed by atoms with E-state index in [1.807, 2.05) is 30.3 Å². The van der Waals surface area contributed by atoms with E-state index in [0.29, 0.717) is 12.8 Å². The molecule has 3 atom stereocenters. The molecule has 0 N–H and O–H groups in total. The summed E-state index contributed by atoms with van der Waals surface area (Å²) in [6.07, 6.45) is 2.15. The summed E-state index contributed by atoms with van der Waals surface area (Å²) >= 11 is 0. The van der Waals surface area contributed by atoms with Crippen LogP contribution in [0.1, 0.15) is 24.8 Å². The Balaban J connectivity index is 1.60. The van der Waals surface area contributed by atoms with E-state index >= 15 is 0 Å². The van der Waals surface area contributed by atoms with Crippen LogP contribution in [0.25, 0.3) is 0 Å². The van der Waals surface area contributed by atoms with Gasteiger partial charge < -0.3 is 9.47 Å². The van der Waals surface area contributed by atoms with E-state index in [-0.39, 0.29) is 36.5 Å². The van der Waals surface area contributed by atoms with Crippen molar-refractivity contribution in [2.45, 2.75) is 32.0 Å². The van der Waals surface area contributed by atoms with E-state index in [4.69, 9.17) is 9.47 Å². The van der Waals surface area contributed by atoms with Crippen LogP contribution >= 0.6 is 0 Å². The van der Waals surface area contributed by atoms with Gasteiger partial charge in [-0.1, -0.05) is 30.3 Å². The Hall–Kier alpha value is -1.84. The van der Waals surface area contributed by atoms with E-state index < -0.39 is 0 Å². The molecule has 100 valence electrons. The van der Waals surface area contributed by atoms with E-state index in [0.717, 1.165) is 12.0 Å². The minimum atomic E-state index is -0.324. The molecule has 0 spiro atoms. The van der Waals surface area contributed by atoms with Crippen LogP contribution in [0.4, 0.5) is 0 Å². The van der Waals surface area contributed by atoms with Gasteiger partial charge in [0.25, 0.3) is 0 Å². The SMILES string of the molecule is O=C1O[C@@H]2CC[C@@H](C(=O)OCc3ccccc3)[C@@H]1C2. The van der Waals surface area contributed by atoms with Crippen molar-refractivity contribution in [1.29, 1.82) is 0 Å². The minimum absolute atomic E-state index is 0.0238. The zero-order valence-electron chi connectivity index (χ0n) is 10.6. The Morgan fingerprint density at radius 3 is 2.84 bits per heavy atom. The molecule has 4 nitrogen and oxygen atoms in total. The number of hydrogen-bond donors (Lipinski definition) is 0. The normalized spacial score (nSPS) is 28.8. The molecule has 2 aliphatic rings. The fourth-order valence-corrected chi connectivity index (χ4v) is 2.87. The smallest absolute Gasteiger partial charge is 0.310 e. The molecule has 19 heavy (non-hydrogen) atoms. The highest BCUT2D eigenvalue weighted by Gasteiger charge is 2.47. The lowest BCUT2D eigenvalue weighted by molar-refractivity contribution is -0.156. The van der Waals surface area contributed by atoms with Gasteiger partial charge in [-0.3, -0.25) is 9.59 Å². The lowest BCUT2D eigenvalue weighted by Crippen LogP contribution is -2.31. The highest BCUT2D eigenvalue weighted by Crippen LogP contribution is 2.39. The van der Waals surface area contributed by atoms with Gasteiger partial charge in [0, 0.05) is 0 Å². The van der Waals surface area contributed by atoms with E-state index in [1.165, 1.54) is 0 Å². The second-order valence-corrected chi connectivity index (χ2v) is 5.18. The van der Waals surface area contributed by atoms with Gasteiger partial charge in [-0.2, -0.15) is 0 Å². The Morgan fingerprint density at radius 1 is 1.26 bits per heavy atom. The van der Waals surface area contributed by atoms with Crippen LogP contribution in [-0.2, 0) is 25.7 Å². The first-order valence-electron chi connectivity index (χ1n) is 6.65. The molecule has 1 aromatic rings. The Morgan fingerprint density at radius 2 is 2.05 bits per heavy atom. The molecule has 0 radical (unpaired) electrons. The number of carbonyl (C=O) groups is 2. The zero-order chi connectivity index (χ0) is 13.2. The summed E-state index contributed by atoms with van der Waals surface area (Å²) in [6.45, 7) is 0.265. The van der Waals surface area contributed by atoms with Crippen LogP contribution in [-0.4, -0.2) is 18.0 Å². The number of esters is 2. The maximum Gasteiger partial charge on any atom is 0.310 e. The van der Waals surface area contributed by atoms with Crippen LogP contribution in [0.3, 0.4) is 0 Å². The van der Waals surface area contributed by atoms with Crippen LogP contribution < -0.4 is 0 Å². The summed E-state index contributed by atoms with van der Waals surface area (Å²) in [7, 11) is 0. The van der Waals surface area contributed by atoms with Gasteiger partial charge in [0.2, 0.25) is 0 Å². The first-order valence-corrected chi connectivity index (χ1v) is 6.65. The van der Waals surface area contributed by atoms with Gasteiger partial charge in [0.1, 0.15) is 12.7 Å². The van der Waals surface area contributed by atoms with E-state index in [9.17, 15) is 9.59 Å². The van der Waals surface area contributed by atoms with Gasteiger partial charge in [-0.25, -0.2) is 0 Å². The topological polar surface area (TPSA) is 52.6 Å². The second kappa shape index (κ2) is 5.03. The van der Waals surface area contributed by atoms with Gasteiger partial charge in [0.15, 0.2) is 0 Å². The summed E-state index contributed by atoms with van der Waals surface area (Å²) in [5, 5.41) is 0. The highest BCUT2D eigenvalue weighted by atomic mass is 16.6. The molecule has 1 heterocycles. The molecule has 0 aromatic heterocycles. The van der Waals surface area contributed by atoms with Gasteiger partial charge in [0.05, 0.1) is 11.8 Å². The lowest BCUT2D eigenvalue weighted by atomic mass is 9.80. The predicted molar refractivity (Wildman–Crippen MR) is 66.9 cm³/mol. The number of ether oxygens (including phenoxy) is 2. The number of benzene rings is 1. The first kappa shape index (κ1) is 12.2. The Kier molecular flexibility index (Phi) is 3.23. The second-order valence-electron chi connectivity index (χ2n) is 5.18. The number of hydrogen-bond acceptors (Lipinski definition) is 4. The third-order valence-electron chi connectivity index (χ3n) is 3.91. The average molecular weight is 260 g/mol. The standard InChI is InChI=1S/C15H16O4/c16-14(18-9-10-4-2-1-3-5-10)12-7-6-11-8-13(12)15(17)19-11/h1-5,11-13H,6-9H2/t11-,12-,13+/m1/s1. The van der Waals surface area contributed by atoms with Crippen molar-refractivity contribution < 1.29 is 19.1 Å². The molecule has 2 bridgehead atoms. The van der Waals surface area contributed by atoms with Crippen molar-refractivity contribution in [2.24, 2.45) is 11.8 Å². The summed E-state index contributed by atoms with van der Waals surface area (Å²) < 4.78 is 10.5. The van der Waals surface area contributed by atoms with E-state index in [1.54, 1.807) is 0 Å². The summed E-state index contributed by atoms with van der Waals surface area (Å²) in [4.78, 5) is 23.7. The molecule has 1 aromatic carbocycles. The zero-order valence-corrected chi connectivity index (χ0v) is 10.6. The van der Waals surface area contributed by atoms with Crippen LogP contribution in [0, 0.1) is 11.8 Å². The Bertz CT molecular complexity index is 482. The largest absolute Gasteiger partial charge is 0.462 e. The van der Waals surface area contributed by atoms with Crippen molar-refractivity contribution in [3.05, 3.63) is 35.9 Å². The molecule has 0 amide bonds. The summed E-state index contributed by atoms with van der Waals surface area (Å²) in [6, 6.07) is 9.55. The summed E-state index contributed by atoms with van der Waals surface area (Å²) in [5.74, 6) is -1.12. The molecule has 4 heteroatoms. The third kappa shape index (κ3) is 2.48. The van der Waals surface area contributed by atoms with Crippen molar-refractivity contribution in [2.75, 3.05) is 0 Å². The Labute approximate surface area is 111 Å². The molecular formula is C15H16O4. The van der Waals surface area contributed by atoms with Gasteiger partial charge in [-0.05, 0) is 24.8 Å². The molecule has 2 fully saturated rings. The molecule has 1 aliphatic heterocycles. The molecule has 1 saturated carbocycles. The number of carbonyl (C=O) groups excluding carboxylic acids is 2. The molecular weight excluding hydrogens is 244 g/mol. The minimum Gasteiger partial charge on any atom is -0.462 e. The lowest BCUT2D eigenvalue weighted by Gasteiger charge is -2.23.